The summed E-state index contributed by atoms with van der Waals surface area (Å²) in [6, 6.07) is 12.2. The summed E-state index contributed by atoms with van der Waals surface area (Å²) in [5.74, 6) is -0.175. The second-order valence-corrected chi connectivity index (χ2v) is 7.68. The second-order valence-electron chi connectivity index (χ2n) is 7.68. The minimum atomic E-state index is -0.725. The first-order valence-electron chi connectivity index (χ1n) is 10.1. The van der Waals surface area contributed by atoms with E-state index >= 15 is 0 Å². The van der Waals surface area contributed by atoms with Crippen molar-refractivity contribution in [3.8, 4) is 5.75 Å². The Morgan fingerprint density at radius 2 is 1.62 bits per heavy atom. The van der Waals surface area contributed by atoms with Crippen LogP contribution in [0.25, 0.3) is 0 Å². The lowest BCUT2D eigenvalue weighted by Gasteiger charge is -2.16. The highest BCUT2D eigenvalue weighted by Gasteiger charge is 2.12. The van der Waals surface area contributed by atoms with Gasteiger partial charge in [-0.15, -0.1) is 0 Å². The summed E-state index contributed by atoms with van der Waals surface area (Å²) in [7, 11) is 1.51. The molecular formula is C24H33F2NO5. The molecule has 1 unspecified atom stereocenters. The van der Waals surface area contributed by atoms with E-state index in [0.29, 0.717) is 18.6 Å². The van der Waals surface area contributed by atoms with Crippen molar-refractivity contribution in [3.05, 3.63) is 65.7 Å². The van der Waals surface area contributed by atoms with Crippen molar-refractivity contribution in [2.45, 2.75) is 59.2 Å². The second kappa shape index (κ2) is 14.8. The van der Waals surface area contributed by atoms with E-state index in [2.05, 4.69) is 4.74 Å². The van der Waals surface area contributed by atoms with Crippen molar-refractivity contribution in [3.63, 3.8) is 0 Å². The molecular weight excluding hydrogens is 420 g/mol. The number of carbonyl (C=O) groups excluding carboxylic acids is 2. The van der Waals surface area contributed by atoms with Gasteiger partial charge in [0.1, 0.15) is 29.1 Å². The average molecular weight is 454 g/mol. The molecule has 2 aromatic rings. The topological polar surface area (TPSA) is 87.9 Å². The van der Waals surface area contributed by atoms with Crippen molar-refractivity contribution < 1.29 is 32.6 Å². The number of benzene rings is 2. The largest absolute Gasteiger partial charge is 0.497 e. The van der Waals surface area contributed by atoms with E-state index in [1.54, 1.807) is 52.0 Å². The standard InChI is InChI=1S/C12H15FO2.C7H7FO.C5H11NO2/c1-3-12(14)15-9(2)8-10-4-6-11(13)7-5-10;1-9-7-4-2-3-6(8)5-7;1-5(2,3)8-4(6)7/h4-7,9H,3,8H2,1-2H3;2-5H,1H3;1-3H3,(H2,6,7). The quantitative estimate of drug-likeness (QED) is 0.611. The molecule has 178 valence electrons. The van der Waals surface area contributed by atoms with Gasteiger partial charge in [0.2, 0.25) is 0 Å². The lowest BCUT2D eigenvalue weighted by atomic mass is 10.1. The highest BCUT2D eigenvalue weighted by molar-refractivity contribution is 5.69. The molecule has 8 heteroatoms. The molecule has 0 aliphatic carbocycles. The van der Waals surface area contributed by atoms with E-state index in [-0.39, 0.29) is 23.7 Å². The van der Waals surface area contributed by atoms with Gasteiger partial charge in [-0.3, -0.25) is 4.79 Å². The maximum Gasteiger partial charge on any atom is 0.405 e. The molecule has 2 N–H and O–H groups in total. The van der Waals surface area contributed by atoms with Gasteiger partial charge in [0, 0.05) is 18.9 Å². The molecule has 0 saturated carbocycles. The average Bonchev–Trinajstić information content (AvgIpc) is 2.68. The summed E-state index contributed by atoms with van der Waals surface area (Å²) >= 11 is 0. The Labute approximate surface area is 188 Å². The number of halogens is 2. The van der Waals surface area contributed by atoms with Gasteiger partial charge in [0.25, 0.3) is 0 Å². The SMILES string of the molecule is CC(C)(C)OC(N)=O.CCC(=O)OC(C)Cc1ccc(F)cc1.COc1cccc(F)c1. The number of esters is 1. The Hall–Kier alpha value is -3.16. The maximum absolute atomic E-state index is 12.6. The molecule has 1 amide bonds. The smallest absolute Gasteiger partial charge is 0.405 e. The van der Waals surface area contributed by atoms with Crippen molar-refractivity contribution >= 4 is 12.1 Å². The Morgan fingerprint density at radius 3 is 2.00 bits per heavy atom. The molecule has 0 heterocycles. The molecule has 6 nitrogen and oxygen atoms in total. The highest BCUT2D eigenvalue weighted by atomic mass is 19.1. The number of ether oxygens (including phenoxy) is 3. The van der Waals surface area contributed by atoms with Crippen molar-refractivity contribution in [2.75, 3.05) is 7.11 Å². The molecule has 0 saturated heterocycles. The Bertz CT molecular complexity index is 820. The normalized spacial score (nSPS) is 11.0. The highest BCUT2D eigenvalue weighted by Crippen LogP contribution is 2.10. The lowest BCUT2D eigenvalue weighted by Crippen LogP contribution is -2.27. The predicted octanol–water partition coefficient (Wildman–Crippen LogP) is 5.42. The minimum absolute atomic E-state index is 0.164. The van der Waals surface area contributed by atoms with Gasteiger partial charge in [-0.1, -0.05) is 25.1 Å². The molecule has 0 fully saturated rings. The van der Waals surface area contributed by atoms with E-state index in [0.717, 1.165) is 5.56 Å². The Morgan fingerprint density at radius 1 is 1.03 bits per heavy atom. The van der Waals surface area contributed by atoms with Gasteiger partial charge in [0.15, 0.2) is 0 Å². The van der Waals surface area contributed by atoms with Gasteiger partial charge in [0.05, 0.1) is 7.11 Å². The van der Waals surface area contributed by atoms with Gasteiger partial charge < -0.3 is 19.9 Å². The van der Waals surface area contributed by atoms with Crippen molar-refractivity contribution in [1.29, 1.82) is 0 Å². The fourth-order valence-electron chi connectivity index (χ4n) is 2.20. The third-order valence-corrected chi connectivity index (χ3v) is 3.50. The molecule has 0 bridgehead atoms. The summed E-state index contributed by atoms with van der Waals surface area (Å²) in [4.78, 5) is 21.0. The van der Waals surface area contributed by atoms with Crippen LogP contribution in [-0.4, -0.2) is 30.9 Å². The zero-order valence-electron chi connectivity index (χ0n) is 19.5. The number of amides is 1. The number of hydrogen-bond acceptors (Lipinski definition) is 5. The number of rotatable bonds is 5. The van der Waals surface area contributed by atoms with Crippen LogP contribution in [0.15, 0.2) is 48.5 Å². The summed E-state index contributed by atoms with van der Waals surface area (Å²) in [5, 5.41) is 0. The number of primary amides is 1. The third-order valence-electron chi connectivity index (χ3n) is 3.50. The fraction of sp³-hybridized carbons (Fsp3) is 0.417. The molecule has 0 aromatic heterocycles. The van der Waals surface area contributed by atoms with Gasteiger partial charge in [-0.2, -0.15) is 0 Å². The zero-order valence-corrected chi connectivity index (χ0v) is 19.5. The van der Waals surface area contributed by atoms with Crippen LogP contribution in [0.5, 0.6) is 5.75 Å². The first-order valence-corrected chi connectivity index (χ1v) is 10.1. The van der Waals surface area contributed by atoms with Gasteiger partial charge in [-0.25, -0.2) is 13.6 Å². The predicted molar refractivity (Wildman–Crippen MR) is 119 cm³/mol. The van der Waals surface area contributed by atoms with E-state index in [4.69, 9.17) is 15.2 Å². The molecule has 32 heavy (non-hydrogen) atoms. The van der Waals surface area contributed by atoms with Crippen LogP contribution in [0.1, 0.15) is 46.6 Å². The monoisotopic (exact) mass is 453 g/mol. The van der Waals surface area contributed by atoms with Crippen LogP contribution >= 0.6 is 0 Å². The van der Waals surface area contributed by atoms with Crippen LogP contribution < -0.4 is 10.5 Å². The zero-order chi connectivity index (χ0) is 24.7. The minimum Gasteiger partial charge on any atom is -0.497 e. The molecule has 0 radical (unpaired) electrons. The number of carbonyl (C=O) groups is 2. The molecule has 2 rings (SSSR count). The first kappa shape index (κ1) is 28.8. The fourth-order valence-corrected chi connectivity index (χ4v) is 2.20. The lowest BCUT2D eigenvalue weighted by molar-refractivity contribution is -0.147. The number of nitrogens with two attached hydrogens (primary N) is 1. The first-order chi connectivity index (χ1) is 14.9. The molecule has 1 atom stereocenters. The van der Waals surface area contributed by atoms with E-state index in [1.165, 1.54) is 31.4 Å². The van der Waals surface area contributed by atoms with Crippen LogP contribution in [-0.2, 0) is 20.7 Å². The summed E-state index contributed by atoms with van der Waals surface area (Å²) < 4.78 is 39.3. The Balaban J connectivity index is 0.000000485. The summed E-state index contributed by atoms with van der Waals surface area (Å²) in [6.45, 7) is 8.87. The number of hydrogen-bond donors (Lipinski definition) is 1. The maximum atomic E-state index is 12.6. The number of methoxy groups -OCH3 is 1. The molecule has 0 aliphatic heterocycles. The molecule has 2 aromatic carbocycles. The summed E-state index contributed by atoms with van der Waals surface area (Å²) in [6.07, 6.45) is 0.111. The molecule has 0 spiro atoms. The van der Waals surface area contributed by atoms with Crippen LogP contribution in [0.4, 0.5) is 13.6 Å². The van der Waals surface area contributed by atoms with Gasteiger partial charge >= 0.3 is 12.1 Å². The Kier molecular flexibility index (Phi) is 13.3. The van der Waals surface area contributed by atoms with E-state index in [9.17, 15) is 18.4 Å². The van der Waals surface area contributed by atoms with Crippen LogP contribution in [0.3, 0.4) is 0 Å². The summed E-state index contributed by atoms with van der Waals surface area (Å²) in [5.41, 5.74) is 5.23. The van der Waals surface area contributed by atoms with E-state index < -0.39 is 11.7 Å². The van der Waals surface area contributed by atoms with Crippen molar-refractivity contribution in [1.82, 2.24) is 0 Å². The van der Waals surface area contributed by atoms with Crippen LogP contribution in [0, 0.1) is 11.6 Å². The van der Waals surface area contributed by atoms with E-state index in [1.807, 2.05) is 6.92 Å². The van der Waals surface area contributed by atoms with Crippen LogP contribution in [0.2, 0.25) is 0 Å². The van der Waals surface area contributed by atoms with Crippen molar-refractivity contribution in [2.24, 2.45) is 5.73 Å². The van der Waals surface area contributed by atoms with Gasteiger partial charge in [-0.05, 0) is 57.5 Å². The molecule has 0 aliphatic rings. The third kappa shape index (κ3) is 15.6.